The van der Waals surface area contributed by atoms with Crippen molar-refractivity contribution in [2.45, 2.75) is 0 Å². The maximum Gasteiger partial charge on any atom is 0.356 e. The van der Waals surface area contributed by atoms with Gasteiger partial charge < -0.3 is 10.8 Å². The van der Waals surface area contributed by atoms with Crippen LogP contribution in [0.15, 0.2) is 36.7 Å². The summed E-state index contributed by atoms with van der Waals surface area (Å²) in [6.07, 6.45) is 3.24. The summed E-state index contributed by atoms with van der Waals surface area (Å²) < 4.78 is 0. The summed E-state index contributed by atoms with van der Waals surface area (Å²) in [5.74, 6) is -1.13. The summed E-state index contributed by atoms with van der Waals surface area (Å²) in [7, 11) is 0. The number of carbonyl (C=O) groups is 1. The molecule has 5 heteroatoms. The summed E-state index contributed by atoms with van der Waals surface area (Å²) in [6, 6.07) is 6.72. The van der Waals surface area contributed by atoms with Crippen molar-refractivity contribution in [3.05, 3.63) is 42.4 Å². The van der Waals surface area contributed by atoms with E-state index in [-0.39, 0.29) is 11.4 Å². The second-order valence-electron chi connectivity index (χ2n) is 3.18. The minimum absolute atomic E-state index is 0.130. The lowest BCUT2D eigenvalue weighted by atomic mass is 10.1. The van der Waals surface area contributed by atoms with Gasteiger partial charge in [0.15, 0.2) is 5.69 Å². The minimum Gasteiger partial charge on any atom is -0.476 e. The van der Waals surface area contributed by atoms with Gasteiger partial charge in [0.1, 0.15) is 0 Å². The fourth-order valence-corrected chi connectivity index (χ4v) is 1.32. The van der Waals surface area contributed by atoms with Crippen LogP contribution in [0.5, 0.6) is 0 Å². The molecule has 0 aromatic carbocycles. The number of aromatic nitrogens is 2. The Hall–Kier alpha value is -2.43. The molecule has 0 unspecified atom stereocenters. The summed E-state index contributed by atoms with van der Waals surface area (Å²) >= 11 is 0. The van der Waals surface area contributed by atoms with Crippen molar-refractivity contribution >= 4 is 11.7 Å². The molecule has 0 spiro atoms. The van der Waals surface area contributed by atoms with E-state index >= 15 is 0 Å². The van der Waals surface area contributed by atoms with Gasteiger partial charge in [-0.05, 0) is 24.3 Å². The van der Waals surface area contributed by atoms with Crippen molar-refractivity contribution in [3.63, 3.8) is 0 Å². The van der Waals surface area contributed by atoms with Crippen LogP contribution < -0.4 is 5.73 Å². The SMILES string of the molecule is Nc1ccc(-c2ccncc2)nc1C(=O)O. The lowest BCUT2D eigenvalue weighted by Crippen LogP contribution is -2.06. The van der Waals surface area contributed by atoms with E-state index in [1.54, 1.807) is 30.6 Å². The average Bonchev–Trinajstić information content (AvgIpc) is 2.30. The quantitative estimate of drug-likeness (QED) is 0.790. The topological polar surface area (TPSA) is 89.1 Å². The van der Waals surface area contributed by atoms with Gasteiger partial charge in [-0.1, -0.05) is 0 Å². The molecule has 80 valence electrons. The average molecular weight is 215 g/mol. The molecule has 0 amide bonds. The number of carboxylic acids is 1. The third-order valence-corrected chi connectivity index (χ3v) is 2.11. The van der Waals surface area contributed by atoms with Crippen LogP contribution in [0.2, 0.25) is 0 Å². The van der Waals surface area contributed by atoms with E-state index in [2.05, 4.69) is 9.97 Å². The van der Waals surface area contributed by atoms with E-state index < -0.39 is 5.97 Å². The molecule has 0 aliphatic heterocycles. The molecule has 0 bridgehead atoms. The van der Waals surface area contributed by atoms with E-state index in [4.69, 9.17) is 10.8 Å². The molecule has 0 fully saturated rings. The Morgan fingerprint density at radius 1 is 1.19 bits per heavy atom. The number of aromatic carboxylic acids is 1. The van der Waals surface area contributed by atoms with Crippen LogP contribution in [0.1, 0.15) is 10.5 Å². The highest BCUT2D eigenvalue weighted by Gasteiger charge is 2.11. The van der Waals surface area contributed by atoms with E-state index in [1.165, 1.54) is 6.07 Å². The summed E-state index contributed by atoms with van der Waals surface area (Å²) in [6.45, 7) is 0. The molecule has 2 rings (SSSR count). The zero-order valence-corrected chi connectivity index (χ0v) is 8.29. The van der Waals surface area contributed by atoms with E-state index in [0.717, 1.165) is 5.56 Å². The normalized spacial score (nSPS) is 10.0. The predicted octanol–water partition coefficient (Wildman–Crippen LogP) is 1.42. The zero-order valence-electron chi connectivity index (χ0n) is 8.29. The van der Waals surface area contributed by atoms with E-state index in [1.807, 2.05) is 0 Å². The summed E-state index contributed by atoms with van der Waals surface area (Å²) in [5.41, 5.74) is 6.91. The molecule has 0 saturated carbocycles. The Kier molecular flexibility index (Phi) is 2.51. The van der Waals surface area contributed by atoms with Crippen molar-refractivity contribution in [1.82, 2.24) is 9.97 Å². The van der Waals surface area contributed by atoms with Gasteiger partial charge >= 0.3 is 5.97 Å². The Bertz CT molecular complexity index is 526. The van der Waals surface area contributed by atoms with Crippen molar-refractivity contribution in [1.29, 1.82) is 0 Å². The fraction of sp³-hybridized carbons (Fsp3) is 0. The van der Waals surface area contributed by atoms with Crippen LogP contribution in [-0.4, -0.2) is 21.0 Å². The Morgan fingerprint density at radius 3 is 2.50 bits per heavy atom. The molecule has 16 heavy (non-hydrogen) atoms. The maximum absolute atomic E-state index is 10.9. The number of nitrogens with two attached hydrogens (primary N) is 1. The lowest BCUT2D eigenvalue weighted by molar-refractivity contribution is 0.0692. The van der Waals surface area contributed by atoms with Gasteiger partial charge in [0.25, 0.3) is 0 Å². The predicted molar refractivity (Wildman–Crippen MR) is 58.8 cm³/mol. The molecule has 0 saturated heterocycles. The molecule has 2 heterocycles. The van der Waals surface area contributed by atoms with Gasteiger partial charge in [-0.3, -0.25) is 4.98 Å². The molecule has 0 atom stereocenters. The second-order valence-corrected chi connectivity index (χ2v) is 3.18. The Labute approximate surface area is 91.6 Å². The summed E-state index contributed by atoms with van der Waals surface area (Å²) in [5, 5.41) is 8.88. The van der Waals surface area contributed by atoms with Crippen molar-refractivity contribution in [3.8, 4) is 11.3 Å². The standard InChI is InChI=1S/C11H9N3O2/c12-8-1-2-9(14-10(8)11(15)16)7-3-5-13-6-4-7/h1-6H,12H2,(H,15,16). The molecule has 2 aromatic rings. The first-order valence-corrected chi connectivity index (χ1v) is 4.58. The molecular formula is C11H9N3O2. The minimum atomic E-state index is -1.13. The highest BCUT2D eigenvalue weighted by atomic mass is 16.4. The monoisotopic (exact) mass is 215 g/mol. The third-order valence-electron chi connectivity index (χ3n) is 2.11. The first-order chi connectivity index (χ1) is 7.68. The number of anilines is 1. The molecule has 2 aromatic heterocycles. The molecule has 3 N–H and O–H groups in total. The molecule has 0 aliphatic rings. The lowest BCUT2D eigenvalue weighted by Gasteiger charge is -2.04. The van der Waals surface area contributed by atoms with E-state index in [9.17, 15) is 4.79 Å². The van der Waals surface area contributed by atoms with Crippen LogP contribution in [-0.2, 0) is 0 Å². The van der Waals surface area contributed by atoms with Crippen molar-refractivity contribution in [2.75, 3.05) is 5.73 Å². The van der Waals surface area contributed by atoms with Crippen LogP contribution >= 0.6 is 0 Å². The fourth-order valence-electron chi connectivity index (χ4n) is 1.32. The highest BCUT2D eigenvalue weighted by Crippen LogP contribution is 2.19. The largest absolute Gasteiger partial charge is 0.476 e. The molecule has 0 radical (unpaired) electrons. The third kappa shape index (κ3) is 1.83. The first-order valence-electron chi connectivity index (χ1n) is 4.58. The number of hydrogen-bond donors (Lipinski definition) is 2. The summed E-state index contributed by atoms with van der Waals surface area (Å²) in [4.78, 5) is 18.7. The molecule has 0 aliphatic carbocycles. The molecule has 5 nitrogen and oxygen atoms in total. The smallest absolute Gasteiger partial charge is 0.356 e. The van der Waals surface area contributed by atoms with Crippen molar-refractivity contribution < 1.29 is 9.90 Å². The van der Waals surface area contributed by atoms with Gasteiger partial charge in [0.05, 0.1) is 11.4 Å². The van der Waals surface area contributed by atoms with Gasteiger partial charge in [-0.25, -0.2) is 9.78 Å². The number of nitrogen functional groups attached to an aromatic ring is 1. The number of carboxylic acid groups (broad SMARTS) is 1. The zero-order chi connectivity index (χ0) is 11.5. The Balaban J connectivity index is 2.52. The first kappa shape index (κ1) is 10.1. The van der Waals surface area contributed by atoms with Gasteiger partial charge in [-0.2, -0.15) is 0 Å². The van der Waals surface area contributed by atoms with Gasteiger partial charge in [0.2, 0.25) is 0 Å². The Morgan fingerprint density at radius 2 is 1.88 bits per heavy atom. The maximum atomic E-state index is 10.9. The van der Waals surface area contributed by atoms with Crippen LogP contribution in [0, 0.1) is 0 Å². The number of nitrogens with zero attached hydrogens (tertiary/aromatic N) is 2. The van der Waals surface area contributed by atoms with Crippen molar-refractivity contribution in [2.24, 2.45) is 0 Å². The second kappa shape index (κ2) is 3.98. The number of pyridine rings is 2. The van der Waals surface area contributed by atoms with Gasteiger partial charge in [0, 0.05) is 18.0 Å². The van der Waals surface area contributed by atoms with E-state index in [0.29, 0.717) is 5.69 Å². The van der Waals surface area contributed by atoms with Crippen LogP contribution in [0.3, 0.4) is 0 Å². The number of hydrogen-bond acceptors (Lipinski definition) is 4. The number of rotatable bonds is 2. The highest BCUT2D eigenvalue weighted by molar-refractivity contribution is 5.92. The molecular weight excluding hydrogens is 206 g/mol. The van der Waals surface area contributed by atoms with Crippen LogP contribution in [0.4, 0.5) is 5.69 Å². The van der Waals surface area contributed by atoms with Crippen LogP contribution in [0.25, 0.3) is 11.3 Å². The van der Waals surface area contributed by atoms with Gasteiger partial charge in [-0.15, -0.1) is 0 Å².